The standard InChI is InChI=1S/C56H32O/c1-3-17-39-35(13-1)37-15-5-9-21-43(37)55-45-23-11-7-19-41(45)47(31-51(39)55)33-25-27-53-49(29-33)50-30-34(26-28-54(50)57-53)48-32-52-40-18-4-2-14-36(40)38-16-6-10-22-44(38)56(52)46-24-12-8-20-42(46)48/h1-32H. The first-order valence-corrected chi connectivity index (χ1v) is 19.8. The van der Waals surface area contributed by atoms with Crippen molar-refractivity contribution in [2.45, 2.75) is 0 Å². The molecule has 0 saturated heterocycles. The Morgan fingerprint density at radius 1 is 0.211 bits per heavy atom. The monoisotopic (exact) mass is 720 g/mol. The fourth-order valence-corrected chi connectivity index (χ4v) is 10.1. The second-order valence-corrected chi connectivity index (χ2v) is 15.5. The molecule has 0 aliphatic carbocycles. The van der Waals surface area contributed by atoms with E-state index in [1.165, 1.54) is 108 Å². The smallest absolute Gasteiger partial charge is 0.135 e. The lowest BCUT2D eigenvalue weighted by molar-refractivity contribution is 0.669. The first-order chi connectivity index (χ1) is 28.3. The molecule has 0 spiro atoms. The minimum absolute atomic E-state index is 0.897. The molecular formula is C56H32O. The lowest BCUT2D eigenvalue weighted by Gasteiger charge is -2.16. The molecule has 0 atom stereocenters. The second-order valence-electron chi connectivity index (χ2n) is 15.5. The van der Waals surface area contributed by atoms with Gasteiger partial charge in [0.15, 0.2) is 0 Å². The number of fused-ring (bicyclic) bond motifs is 19. The summed E-state index contributed by atoms with van der Waals surface area (Å²) < 4.78 is 6.56. The minimum Gasteiger partial charge on any atom is -0.456 e. The normalized spacial score (nSPS) is 12.2. The van der Waals surface area contributed by atoms with Crippen molar-refractivity contribution in [3.05, 3.63) is 194 Å². The predicted molar refractivity (Wildman–Crippen MR) is 245 cm³/mol. The van der Waals surface area contributed by atoms with Gasteiger partial charge in [0.2, 0.25) is 0 Å². The van der Waals surface area contributed by atoms with Gasteiger partial charge in [-0.3, -0.25) is 0 Å². The Kier molecular flexibility index (Phi) is 6.23. The topological polar surface area (TPSA) is 13.1 Å². The molecule has 1 nitrogen and oxygen atoms in total. The molecular weight excluding hydrogens is 689 g/mol. The summed E-state index contributed by atoms with van der Waals surface area (Å²) in [6.45, 7) is 0. The lowest BCUT2D eigenvalue weighted by Crippen LogP contribution is -1.89. The largest absolute Gasteiger partial charge is 0.456 e. The summed E-state index contributed by atoms with van der Waals surface area (Å²) in [5.41, 5.74) is 6.61. The molecule has 0 N–H and O–H groups in total. The maximum Gasteiger partial charge on any atom is 0.135 e. The molecule has 13 aromatic rings. The number of rotatable bonds is 2. The van der Waals surface area contributed by atoms with Crippen LogP contribution in [-0.2, 0) is 0 Å². The molecule has 13 rings (SSSR count). The molecule has 0 saturated carbocycles. The summed E-state index contributed by atoms with van der Waals surface area (Å²) >= 11 is 0. The molecule has 57 heavy (non-hydrogen) atoms. The lowest BCUT2D eigenvalue weighted by atomic mass is 9.87. The van der Waals surface area contributed by atoms with Crippen LogP contribution in [0.4, 0.5) is 0 Å². The molecule has 262 valence electrons. The molecule has 1 heterocycles. The van der Waals surface area contributed by atoms with Crippen LogP contribution in [0, 0.1) is 0 Å². The van der Waals surface area contributed by atoms with Crippen LogP contribution < -0.4 is 0 Å². The van der Waals surface area contributed by atoms with Crippen LogP contribution >= 0.6 is 0 Å². The second kappa shape index (κ2) is 11.5. The van der Waals surface area contributed by atoms with Gasteiger partial charge in [-0.15, -0.1) is 0 Å². The van der Waals surface area contributed by atoms with E-state index in [1.54, 1.807) is 0 Å². The Morgan fingerprint density at radius 3 is 0.860 bits per heavy atom. The SMILES string of the molecule is c1ccc2c(c1)c(-c1ccc3oc4ccc(-c5cc6c7ccccc7c7ccccc7c6c6ccccc56)cc4c3c1)cc1c3ccccc3c3ccccc3c21. The summed E-state index contributed by atoms with van der Waals surface area (Å²) in [7, 11) is 0. The van der Waals surface area contributed by atoms with Crippen molar-refractivity contribution in [2.75, 3.05) is 0 Å². The highest BCUT2D eigenvalue weighted by Gasteiger charge is 2.19. The van der Waals surface area contributed by atoms with Crippen LogP contribution in [0.15, 0.2) is 199 Å². The average molecular weight is 721 g/mol. The van der Waals surface area contributed by atoms with Crippen LogP contribution in [0.1, 0.15) is 0 Å². The predicted octanol–water partition coefficient (Wildman–Crippen LogP) is 16.1. The van der Waals surface area contributed by atoms with Crippen molar-refractivity contribution in [2.24, 2.45) is 0 Å². The van der Waals surface area contributed by atoms with Crippen molar-refractivity contribution < 1.29 is 4.42 Å². The molecule has 1 heteroatoms. The van der Waals surface area contributed by atoms with Gasteiger partial charge in [0.05, 0.1) is 0 Å². The number of hydrogen-bond donors (Lipinski definition) is 0. The van der Waals surface area contributed by atoms with Gasteiger partial charge in [0.1, 0.15) is 11.2 Å². The van der Waals surface area contributed by atoms with Crippen molar-refractivity contribution in [3.8, 4) is 22.3 Å². The van der Waals surface area contributed by atoms with Gasteiger partial charge in [0, 0.05) is 10.8 Å². The Hall–Kier alpha value is -7.48. The van der Waals surface area contributed by atoms with Crippen LogP contribution in [0.5, 0.6) is 0 Å². The van der Waals surface area contributed by atoms with Gasteiger partial charge in [-0.2, -0.15) is 0 Å². The molecule has 0 radical (unpaired) electrons. The van der Waals surface area contributed by atoms with Crippen LogP contribution in [0.2, 0.25) is 0 Å². The van der Waals surface area contributed by atoms with Gasteiger partial charge in [0.25, 0.3) is 0 Å². The third-order valence-corrected chi connectivity index (χ3v) is 12.6. The quantitative estimate of drug-likeness (QED) is 0.162. The van der Waals surface area contributed by atoms with E-state index in [1.807, 2.05) is 0 Å². The number of benzene rings is 12. The number of furan rings is 1. The van der Waals surface area contributed by atoms with Crippen molar-refractivity contribution in [1.29, 1.82) is 0 Å². The number of hydrogen-bond acceptors (Lipinski definition) is 1. The highest BCUT2D eigenvalue weighted by atomic mass is 16.3. The molecule has 0 aliphatic heterocycles. The summed E-state index contributed by atoms with van der Waals surface area (Å²) in [5, 5.41) is 22.8. The van der Waals surface area contributed by atoms with E-state index >= 15 is 0 Å². The van der Waals surface area contributed by atoms with Crippen LogP contribution in [-0.4, -0.2) is 0 Å². The van der Waals surface area contributed by atoms with E-state index in [-0.39, 0.29) is 0 Å². The molecule has 0 aliphatic rings. The van der Waals surface area contributed by atoms with Crippen LogP contribution in [0.25, 0.3) is 130 Å². The van der Waals surface area contributed by atoms with E-state index < -0.39 is 0 Å². The summed E-state index contributed by atoms with van der Waals surface area (Å²) in [5.74, 6) is 0. The van der Waals surface area contributed by atoms with Crippen LogP contribution in [0.3, 0.4) is 0 Å². The summed E-state index contributed by atoms with van der Waals surface area (Å²) in [6, 6.07) is 71.6. The zero-order valence-electron chi connectivity index (χ0n) is 30.9. The van der Waals surface area contributed by atoms with Gasteiger partial charge in [-0.1, -0.05) is 158 Å². The molecule has 0 bridgehead atoms. The van der Waals surface area contributed by atoms with E-state index in [4.69, 9.17) is 4.42 Å². The highest BCUT2D eigenvalue weighted by molar-refractivity contribution is 6.34. The van der Waals surface area contributed by atoms with Crippen molar-refractivity contribution >= 4 is 108 Å². The Bertz CT molecular complexity index is 3610. The zero-order chi connectivity index (χ0) is 37.2. The van der Waals surface area contributed by atoms with Gasteiger partial charge < -0.3 is 4.42 Å². The maximum atomic E-state index is 6.56. The average Bonchev–Trinajstić information content (AvgIpc) is 3.65. The third-order valence-electron chi connectivity index (χ3n) is 12.6. The molecule has 0 fully saturated rings. The molecule has 0 amide bonds. The molecule has 1 aromatic heterocycles. The summed E-state index contributed by atoms with van der Waals surface area (Å²) in [4.78, 5) is 0. The molecule has 12 aromatic carbocycles. The van der Waals surface area contributed by atoms with E-state index in [0.29, 0.717) is 0 Å². The minimum atomic E-state index is 0.897. The first-order valence-electron chi connectivity index (χ1n) is 19.8. The van der Waals surface area contributed by atoms with Gasteiger partial charge in [-0.25, -0.2) is 0 Å². The van der Waals surface area contributed by atoms with E-state index in [9.17, 15) is 0 Å². The van der Waals surface area contributed by atoms with E-state index in [2.05, 4.69) is 194 Å². The van der Waals surface area contributed by atoms with Crippen molar-refractivity contribution in [1.82, 2.24) is 0 Å². The Labute approximate surface area is 327 Å². The molecule has 0 unspecified atom stereocenters. The fourth-order valence-electron chi connectivity index (χ4n) is 10.1. The van der Waals surface area contributed by atoms with E-state index in [0.717, 1.165) is 21.9 Å². The van der Waals surface area contributed by atoms with Crippen molar-refractivity contribution in [3.63, 3.8) is 0 Å². The highest BCUT2D eigenvalue weighted by Crippen LogP contribution is 2.46. The zero-order valence-corrected chi connectivity index (χ0v) is 30.9. The Morgan fingerprint density at radius 2 is 0.491 bits per heavy atom. The Balaban J connectivity index is 1.07. The fraction of sp³-hybridized carbons (Fsp3) is 0. The first kappa shape index (κ1) is 30.8. The van der Waals surface area contributed by atoms with Gasteiger partial charge >= 0.3 is 0 Å². The summed E-state index contributed by atoms with van der Waals surface area (Å²) in [6.07, 6.45) is 0. The third kappa shape index (κ3) is 4.29. The van der Waals surface area contributed by atoms with Gasteiger partial charge in [-0.05, 0) is 145 Å². The maximum absolute atomic E-state index is 6.56.